The molecule has 4 heteroatoms. The lowest BCUT2D eigenvalue weighted by Gasteiger charge is -2.15. The van der Waals surface area contributed by atoms with E-state index >= 15 is 0 Å². The van der Waals surface area contributed by atoms with Crippen molar-refractivity contribution in [2.24, 2.45) is 5.92 Å². The SMILES string of the molecule is C=CCC(C(=O)C(C)C)n1cncn1. The summed E-state index contributed by atoms with van der Waals surface area (Å²) < 4.78 is 1.59. The number of rotatable bonds is 5. The molecule has 0 N–H and O–H groups in total. The highest BCUT2D eigenvalue weighted by Crippen LogP contribution is 2.16. The van der Waals surface area contributed by atoms with E-state index in [1.165, 1.54) is 6.33 Å². The first kappa shape index (κ1) is 10.6. The van der Waals surface area contributed by atoms with Crippen molar-refractivity contribution in [1.29, 1.82) is 0 Å². The van der Waals surface area contributed by atoms with Crippen molar-refractivity contribution in [2.45, 2.75) is 26.3 Å². The van der Waals surface area contributed by atoms with E-state index < -0.39 is 0 Å². The van der Waals surface area contributed by atoms with Crippen molar-refractivity contribution in [1.82, 2.24) is 14.8 Å². The van der Waals surface area contributed by atoms with Crippen LogP contribution in [0.4, 0.5) is 0 Å². The fraction of sp³-hybridized carbons (Fsp3) is 0.500. The van der Waals surface area contributed by atoms with Crippen LogP contribution in [0.5, 0.6) is 0 Å². The van der Waals surface area contributed by atoms with Gasteiger partial charge in [-0.3, -0.25) is 4.79 Å². The van der Waals surface area contributed by atoms with Gasteiger partial charge in [0.05, 0.1) is 0 Å². The van der Waals surface area contributed by atoms with Gasteiger partial charge in [-0.05, 0) is 6.42 Å². The van der Waals surface area contributed by atoms with Gasteiger partial charge in [-0.1, -0.05) is 19.9 Å². The minimum atomic E-state index is -0.255. The van der Waals surface area contributed by atoms with Crippen molar-refractivity contribution in [3.8, 4) is 0 Å². The van der Waals surface area contributed by atoms with Gasteiger partial charge in [-0.25, -0.2) is 9.67 Å². The molecule has 0 aliphatic rings. The van der Waals surface area contributed by atoms with Gasteiger partial charge in [0, 0.05) is 5.92 Å². The fourth-order valence-electron chi connectivity index (χ4n) is 1.28. The molecular weight excluding hydrogens is 178 g/mol. The molecule has 1 unspecified atom stereocenters. The monoisotopic (exact) mass is 193 g/mol. The second-order valence-corrected chi connectivity index (χ2v) is 3.47. The third kappa shape index (κ3) is 2.28. The molecule has 0 fully saturated rings. The van der Waals surface area contributed by atoms with Gasteiger partial charge in [-0.2, -0.15) is 5.10 Å². The third-order valence-corrected chi connectivity index (χ3v) is 2.04. The Morgan fingerprint density at radius 2 is 2.36 bits per heavy atom. The predicted octanol–water partition coefficient (Wildman–Crippen LogP) is 1.62. The normalized spacial score (nSPS) is 12.8. The Morgan fingerprint density at radius 1 is 1.64 bits per heavy atom. The van der Waals surface area contributed by atoms with Crippen LogP contribution in [-0.4, -0.2) is 20.5 Å². The first-order valence-corrected chi connectivity index (χ1v) is 4.65. The summed E-state index contributed by atoms with van der Waals surface area (Å²) in [5.41, 5.74) is 0. The van der Waals surface area contributed by atoms with Crippen LogP contribution in [0, 0.1) is 5.92 Å². The fourth-order valence-corrected chi connectivity index (χ4v) is 1.28. The molecule has 0 aliphatic carbocycles. The zero-order valence-corrected chi connectivity index (χ0v) is 8.55. The van der Waals surface area contributed by atoms with Gasteiger partial charge in [0.2, 0.25) is 0 Å². The Morgan fingerprint density at radius 3 is 2.79 bits per heavy atom. The molecule has 1 aromatic rings. The topological polar surface area (TPSA) is 47.8 Å². The zero-order valence-electron chi connectivity index (χ0n) is 8.55. The third-order valence-electron chi connectivity index (χ3n) is 2.04. The van der Waals surface area contributed by atoms with E-state index in [4.69, 9.17) is 0 Å². The van der Waals surface area contributed by atoms with Gasteiger partial charge >= 0.3 is 0 Å². The molecule has 0 spiro atoms. The van der Waals surface area contributed by atoms with Crippen molar-refractivity contribution >= 4 is 5.78 Å². The highest BCUT2D eigenvalue weighted by Gasteiger charge is 2.21. The van der Waals surface area contributed by atoms with Crippen LogP contribution in [0.2, 0.25) is 0 Å². The van der Waals surface area contributed by atoms with Crippen LogP contribution in [0.1, 0.15) is 26.3 Å². The van der Waals surface area contributed by atoms with Gasteiger partial charge < -0.3 is 0 Å². The Balaban J connectivity index is 2.84. The van der Waals surface area contributed by atoms with Gasteiger partial charge in [0.25, 0.3) is 0 Å². The number of carbonyl (C=O) groups excluding carboxylic acids is 1. The van der Waals surface area contributed by atoms with E-state index in [2.05, 4.69) is 16.7 Å². The average molecular weight is 193 g/mol. The maximum Gasteiger partial charge on any atom is 0.160 e. The molecule has 1 heterocycles. The summed E-state index contributed by atoms with van der Waals surface area (Å²) in [5.74, 6) is 0.166. The van der Waals surface area contributed by atoms with Crippen molar-refractivity contribution < 1.29 is 4.79 Å². The molecular formula is C10H15N3O. The second kappa shape index (κ2) is 4.69. The summed E-state index contributed by atoms with van der Waals surface area (Å²) in [4.78, 5) is 15.6. The number of hydrogen-bond acceptors (Lipinski definition) is 3. The maximum atomic E-state index is 11.8. The lowest BCUT2D eigenvalue weighted by atomic mass is 9.99. The lowest BCUT2D eigenvalue weighted by molar-refractivity contribution is -0.125. The van der Waals surface area contributed by atoms with Crippen LogP contribution in [0.25, 0.3) is 0 Å². The predicted molar refractivity (Wildman–Crippen MR) is 53.7 cm³/mol. The van der Waals surface area contributed by atoms with E-state index in [1.54, 1.807) is 17.1 Å². The Hall–Kier alpha value is -1.45. The molecule has 0 saturated carbocycles. The summed E-state index contributed by atoms with van der Waals surface area (Å²) in [6.07, 6.45) is 5.32. The van der Waals surface area contributed by atoms with Crippen LogP contribution >= 0.6 is 0 Å². The Bertz CT molecular complexity index is 303. The minimum Gasteiger partial charge on any atom is -0.297 e. The molecule has 1 aromatic heterocycles. The standard InChI is InChI=1S/C10H15N3O/c1-4-5-9(10(14)8(2)3)13-7-11-6-12-13/h4,6-9H,1,5H2,2-3H3. The van der Waals surface area contributed by atoms with Crippen LogP contribution < -0.4 is 0 Å². The van der Waals surface area contributed by atoms with E-state index in [1.807, 2.05) is 13.8 Å². The minimum absolute atomic E-state index is 0.00384. The number of carbonyl (C=O) groups is 1. The first-order chi connectivity index (χ1) is 6.66. The van der Waals surface area contributed by atoms with Crippen molar-refractivity contribution in [3.05, 3.63) is 25.3 Å². The first-order valence-electron chi connectivity index (χ1n) is 4.65. The number of allylic oxidation sites excluding steroid dienone is 1. The lowest BCUT2D eigenvalue weighted by Crippen LogP contribution is -2.23. The quantitative estimate of drug-likeness (QED) is 0.667. The number of aromatic nitrogens is 3. The van der Waals surface area contributed by atoms with Crippen LogP contribution in [0.3, 0.4) is 0 Å². The molecule has 0 amide bonds. The zero-order chi connectivity index (χ0) is 10.6. The molecule has 0 aliphatic heterocycles. The van der Waals surface area contributed by atoms with Crippen molar-refractivity contribution in [2.75, 3.05) is 0 Å². The molecule has 0 aromatic carbocycles. The van der Waals surface area contributed by atoms with Crippen molar-refractivity contribution in [3.63, 3.8) is 0 Å². The Labute approximate surface area is 83.6 Å². The molecule has 0 saturated heterocycles. The number of ketones is 1. The van der Waals surface area contributed by atoms with E-state index in [-0.39, 0.29) is 17.7 Å². The van der Waals surface area contributed by atoms with E-state index in [0.717, 1.165) is 0 Å². The van der Waals surface area contributed by atoms with Gasteiger partial charge in [-0.15, -0.1) is 6.58 Å². The number of nitrogens with zero attached hydrogens (tertiary/aromatic N) is 3. The summed E-state index contributed by atoms with van der Waals surface area (Å²) >= 11 is 0. The highest BCUT2D eigenvalue weighted by molar-refractivity contribution is 5.84. The molecule has 0 bridgehead atoms. The largest absolute Gasteiger partial charge is 0.297 e. The molecule has 1 rings (SSSR count). The van der Waals surface area contributed by atoms with Gasteiger partial charge in [0.15, 0.2) is 5.78 Å². The summed E-state index contributed by atoms with van der Waals surface area (Å²) in [6, 6.07) is -0.255. The van der Waals surface area contributed by atoms with E-state index in [9.17, 15) is 4.79 Å². The second-order valence-electron chi connectivity index (χ2n) is 3.47. The molecule has 1 atom stereocenters. The average Bonchev–Trinajstić information content (AvgIpc) is 2.65. The van der Waals surface area contributed by atoms with Gasteiger partial charge in [0.1, 0.15) is 18.7 Å². The summed E-state index contributed by atoms with van der Waals surface area (Å²) in [6.45, 7) is 7.41. The Kier molecular flexibility index (Phi) is 3.56. The molecule has 14 heavy (non-hydrogen) atoms. The molecule has 4 nitrogen and oxygen atoms in total. The molecule has 76 valence electrons. The van der Waals surface area contributed by atoms with E-state index in [0.29, 0.717) is 6.42 Å². The maximum absolute atomic E-state index is 11.8. The number of Topliss-reactive ketones (excluding diaryl/α,β-unsaturated/α-hetero) is 1. The van der Waals surface area contributed by atoms with Crippen LogP contribution in [0.15, 0.2) is 25.3 Å². The molecule has 0 radical (unpaired) electrons. The highest BCUT2D eigenvalue weighted by atomic mass is 16.1. The number of hydrogen-bond donors (Lipinski definition) is 0. The van der Waals surface area contributed by atoms with Crippen LogP contribution in [-0.2, 0) is 4.79 Å². The smallest absolute Gasteiger partial charge is 0.160 e. The summed E-state index contributed by atoms with van der Waals surface area (Å²) in [7, 11) is 0. The summed E-state index contributed by atoms with van der Waals surface area (Å²) in [5, 5.41) is 3.98.